The molecule has 2 amide bonds. The molecule has 0 aliphatic carbocycles. The van der Waals surface area contributed by atoms with E-state index < -0.39 is 11.8 Å². The number of anilines is 1. The van der Waals surface area contributed by atoms with E-state index in [2.05, 4.69) is 21.4 Å². The van der Waals surface area contributed by atoms with Gasteiger partial charge < -0.3 is 4.74 Å². The minimum Gasteiger partial charge on any atom is -0.495 e. The molecule has 1 heterocycles. The Hall–Kier alpha value is -2.31. The van der Waals surface area contributed by atoms with Gasteiger partial charge in [0.05, 0.1) is 17.3 Å². The lowest BCUT2D eigenvalue weighted by Crippen LogP contribution is -2.35. The van der Waals surface area contributed by atoms with Crippen molar-refractivity contribution >= 4 is 51.1 Å². The lowest BCUT2D eigenvalue weighted by atomic mass is 10.1. The highest BCUT2D eigenvalue weighted by Gasteiger charge is 2.34. The normalized spacial score (nSPS) is 15.8. The third-order valence-electron chi connectivity index (χ3n) is 3.45. The van der Waals surface area contributed by atoms with Crippen LogP contribution in [0.25, 0.3) is 6.08 Å². The number of halogens is 2. The first kappa shape index (κ1) is 16.5. The van der Waals surface area contributed by atoms with Crippen molar-refractivity contribution in [3.63, 3.8) is 0 Å². The number of benzene rings is 2. The maximum Gasteiger partial charge on any atom is 0.282 e. The van der Waals surface area contributed by atoms with E-state index >= 15 is 0 Å². The highest BCUT2D eigenvalue weighted by atomic mass is 79.9. The number of nitrogens with zero attached hydrogens (tertiary/aromatic N) is 1. The summed E-state index contributed by atoms with van der Waals surface area (Å²) < 4.78 is 5.95. The Labute approximate surface area is 152 Å². The standard InChI is InChI=1S/C17H12BrClN2O3/c1-24-15-10(7-11(19)9-14(15)18)8-13-16(22)20-21(17(13)23)12-5-3-2-4-6-12/h2-9H,1H3,(H,20,22). The summed E-state index contributed by atoms with van der Waals surface area (Å²) in [6.07, 6.45) is 1.47. The van der Waals surface area contributed by atoms with Crippen LogP contribution in [0.5, 0.6) is 5.75 Å². The van der Waals surface area contributed by atoms with Crippen LogP contribution in [-0.2, 0) is 9.59 Å². The quantitative estimate of drug-likeness (QED) is 0.625. The number of hydrazine groups is 1. The van der Waals surface area contributed by atoms with E-state index in [9.17, 15) is 9.59 Å². The number of ether oxygens (including phenoxy) is 1. The Morgan fingerprint density at radius 3 is 2.58 bits per heavy atom. The van der Waals surface area contributed by atoms with Crippen molar-refractivity contribution in [1.82, 2.24) is 5.43 Å². The van der Waals surface area contributed by atoms with E-state index in [-0.39, 0.29) is 5.57 Å². The van der Waals surface area contributed by atoms with Gasteiger partial charge in [0.25, 0.3) is 11.8 Å². The molecule has 3 rings (SSSR count). The van der Waals surface area contributed by atoms with E-state index in [1.807, 2.05) is 6.07 Å². The van der Waals surface area contributed by atoms with E-state index in [4.69, 9.17) is 16.3 Å². The molecular formula is C17H12BrClN2O3. The topological polar surface area (TPSA) is 58.6 Å². The number of rotatable bonds is 3. The van der Waals surface area contributed by atoms with Crippen LogP contribution < -0.4 is 15.2 Å². The van der Waals surface area contributed by atoms with Crippen LogP contribution in [-0.4, -0.2) is 18.9 Å². The molecule has 1 saturated heterocycles. The fourth-order valence-electron chi connectivity index (χ4n) is 2.37. The maximum atomic E-state index is 12.6. The second-order valence-electron chi connectivity index (χ2n) is 4.99. The summed E-state index contributed by atoms with van der Waals surface area (Å²) in [5, 5.41) is 1.67. The number of amides is 2. The van der Waals surface area contributed by atoms with E-state index in [0.29, 0.717) is 26.5 Å². The van der Waals surface area contributed by atoms with Crippen LogP contribution in [0.2, 0.25) is 5.02 Å². The fourth-order valence-corrected chi connectivity index (χ4v) is 3.37. The summed E-state index contributed by atoms with van der Waals surface area (Å²) in [7, 11) is 1.50. The minimum atomic E-state index is -0.484. The van der Waals surface area contributed by atoms with Gasteiger partial charge in [-0.25, -0.2) is 5.01 Å². The van der Waals surface area contributed by atoms with E-state index in [1.165, 1.54) is 18.2 Å². The molecule has 1 aliphatic rings. The lowest BCUT2D eigenvalue weighted by molar-refractivity contribution is -0.117. The van der Waals surface area contributed by atoms with Crippen molar-refractivity contribution in [3.8, 4) is 5.75 Å². The molecule has 2 aromatic carbocycles. The molecule has 2 aromatic rings. The van der Waals surface area contributed by atoms with Gasteiger partial charge in [-0.2, -0.15) is 0 Å². The van der Waals surface area contributed by atoms with Gasteiger partial charge in [0.2, 0.25) is 0 Å². The summed E-state index contributed by atoms with van der Waals surface area (Å²) in [4.78, 5) is 24.8. The van der Waals surface area contributed by atoms with Crippen molar-refractivity contribution in [2.45, 2.75) is 0 Å². The highest BCUT2D eigenvalue weighted by Crippen LogP contribution is 2.34. The van der Waals surface area contributed by atoms with Gasteiger partial charge in [-0.3, -0.25) is 15.0 Å². The van der Waals surface area contributed by atoms with Crippen LogP contribution >= 0.6 is 27.5 Å². The van der Waals surface area contributed by atoms with Gasteiger partial charge in [-0.15, -0.1) is 0 Å². The molecule has 5 nitrogen and oxygen atoms in total. The molecule has 7 heteroatoms. The number of carbonyl (C=O) groups excluding carboxylic acids is 2. The van der Waals surface area contributed by atoms with Gasteiger partial charge in [0.1, 0.15) is 11.3 Å². The molecule has 0 radical (unpaired) electrons. The van der Waals surface area contributed by atoms with Crippen molar-refractivity contribution in [1.29, 1.82) is 0 Å². The van der Waals surface area contributed by atoms with Crippen molar-refractivity contribution < 1.29 is 14.3 Å². The van der Waals surface area contributed by atoms with Crippen LogP contribution in [0.3, 0.4) is 0 Å². The smallest absolute Gasteiger partial charge is 0.282 e. The summed E-state index contributed by atoms with van der Waals surface area (Å²) in [6, 6.07) is 12.2. The van der Waals surface area contributed by atoms with Crippen LogP contribution in [0.4, 0.5) is 5.69 Å². The van der Waals surface area contributed by atoms with Crippen LogP contribution in [0.15, 0.2) is 52.5 Å². The van der Waals surface area contributed by atoms with Gasteiger partial charge in [0, 0.05) is 10.6 Å². The lowest BCUT2D eigenvalue weighted by Gasteiger charge is -2.14. The summed E-state index contributed by atoms with van der Waals surface area (Å²) in [5.41, 5.74) is 3.67. The molecular weight excluding hydrogens is 396 g/mol. The maximum absolute atomic E-state index is 12.6. The zero-order valence-corrected chi connectivity index (χ0v) is 14.9. The van der Waals surface area contributed by atoms with Crippen LogP contribution in [0, 0.1) is 0 Å². The molecule has 0 bridgehead atoms. The number of methoxy groups -OCH3 is 1. The molecule has 0 aromatic heterocycles. The van der Waals surface area contributed by atoms with E-state index in [1.54, 1.807) is 36.4 Å². The third-order valence-corrected chi connectivity index (χ3v) is 4.25. The van der Waals surface area contributed by atoms with Crippen LogP contribution in [0.1, 0.15) is 5.56 Å². The molecule has 1 N–H and O–H groups in total. The summed E-state index contributed by atoms with van der Waals surface area (Å²) in [6.45, 7) is 0. The monoisotopic (exact) mass is 406 g/mol. The zero-order valence-electron chi connectivity index (χ0n) is 12.5. The fraction of sp³-hybridized carbons (Fsp3) is 0.0588. The van der Waals surface area contributed by atoms with Gasteiger partial charge >= 0.3 is 0 Å². The first-order chi connectivity index (χ1) is 11.5. The molecule has 0 unspecified atom stereocenters. The zero-order chi connectivity index (χ0) is 17.3. The Morgan fingerprint density at radius 1 is 1.21 bits per heavy atom. The first-order valence-corrected chi connectivity index (χ1v) is 8.13. The Bertz CT molecular complexity index is 852. The molecule has 0 atom stereocenters. The predicted octanol–water partition coefficient (Wildman–Crippen LogP) is 3.57. The molecule has 122 valence electrons. The number of hydrogen-bond donors (Lipinski definition) is 1. The van der Waals surface area contributed by atoms with Gasteiger partial charge in [-0.05, 0) is 46.3 Å². The van der Waals surface area contributed by atoms with E-state index in [0.717, 1.165) is 0 Å². The number of nitrogens with one attached hydrogen (secondary N) is 1. The second kappa shape index (κ2) is 6.67. The van der Waals surface area contributed by atoms with Gasteiger partial charge in [0.15, 0.2) is 0 Å². The Morgan fingerprint density at radius 2 is 1.92 bits per heavy atom. The van der Waals surface area contributed by atoms with Crippen molar-refractivity contribution in [3.05, 3.63) is 63.1 Å². The predicted molar refractivity (Wildman–Crippen MR) is 95.8 cm³/mol. The molecule has 0 spiro atoms. The SMILES string of the molecule is COc1c(Br)cc(Cl)cc1C=C1C(=O)NN(c2ccccc2)C1=O. The summed E-state index contributed by atoms with van der Waals surface area (Å²) in [5.74, 6) is -0.433. The molecule has 1 fully saturated rings. The molecule has 0 saturated carbocycles. The number of para-hydroxylation sites is 1. The number of hydrogen-bond acceptors (Lipinski definition) is 3. The Kier molecular flexibility index (Phi) is 4.59. The Balaban J connectivity index is 2.03. The molecule has 1 aliphatic heterocycles. The first-order valence-electron chi connectivity index (χ1n) is 6.96. The second-order valence-corrected chi connectivity index (χ2v) is 6.28. The average molecular weight is 408 g/mol. The largest absolute Gasteiger partial charge is 0.495 e. The van der Waals surface area contributed by atoms with Crippen molar-refractivity contribution in [2.75, 3.05) is 12.1 Å². The van der Waals surface area contributed by atoms with Gasteiger partial charge in [-0.1, -0.05) is 29.8 Å². The minimum absolute atomic E-state index is 0.00585. The average Bonchev–Trinajstić information content (AvgIpc) is 2.83. The molecule has 24 heavy (non-hydrogen) atoms. The number of carbonyl (C=O) groups is 2. The van der Waals surface area contributed by atoms with Crippen molar-refractivity contribution in [2.24, 2.45) is 0 Å². The highest BCUT2D eigenvalue weighted by molar-refractivity contribution is 9.10. The third kappa shape index (κ3) is 3.02. The summed E-state index contributed by atoms with van der Waals surface area (Å²) >= 11 is 9.40.